The highest BCUT2D eigenvalue weighted by molar-refractivity contribution is 6.30. The van der Waals surface area contributed by atoms with Crippen molar-refractivity contribution in [3.63, 3.8) is 0 Å². The van der Waals surface area contributed by atoms with Crippen LogP contribution in [0.4, 0.5) is 0 Å². The van der Waals surface area contributed by atoms with E-state index in [4.69, 9.17) is 16.3 Å². The number of rotatable bonds is 9. The van der Waals surface area contributed by atoms with Gasteiger partial charge in [-0.1, -0.05) is 62.1 Å². The second-order valence-corrected chi connectivity index (χ2v) is 9.41. The molecule has 1 aliphatic carbocycles. The van der Waals surface area contributed by atoms with Gasteiger partial charge in [0.1, 0.15) is 11.8 Å². The molecule has 33 heavy (non-hydrogen) atoms. The molecule has 0 unspecified atom stereocenters. The van der Waals surface area contributed by atoms with Crippen molar-refractivity contribution in [1.29, 1.82) is 0 Å². The van der Waals surface area contributed by atoms with Crippen LogP contribution < -0.4 is 10.1 Å². The Morgan fingerprint density at radius 3 is 2.45 bits per heavy atom. The number of carbonyl (C=O) groups excluding carboxylic acids is 2. The first kappa shape index (κ1) is 25.1. The molecule has 1 N–H and O–H groups in total. The quantitative estimate of drug-likeness (QED) is 0.519. The van der Waals surface area contributed by atoms with Crippen molar-refractivity contribution in [3.05, 3.63) is 64.2 Å². The van der Waals surface area contributed by atoms with Crippen LogP contribution in [-0.4, -0.2) is 35.4 Å². The molecule has 2 amide bonds. The van der Waals surface area contributed by atoms with Crippen LogP contribution in [-0.2, 0) is 16.1 Å². The van der Waals surface area contributed by atoms with Crippen molar-refractivity contribution in [2.24, 2.45) is 0 Å². The van der Waals surface area contributed by atoms with E-state index in [-0.39, 0.29) is 24.5 Å². The summed E-state index contributed by atoms with van der Waals surface area (Å²) in [5.74, 6) is 0.393. The summed E-state index contributed by atoms with van der Waals surface area (Å²) >= 11 is 6.04. The van der Waals surface area contributed by atoms with Gasteiger partial charge in [0.15, 0.2) is 6.61 Å². The van der Waals surface area contributed by atoms with E-state index in [1.54, 1.807) is 17.0 Å². The minimum atomic E-state index is -0.558. The standard InChI is InChI=1S/C27H35ClN2O3/c1-4-24(27(32)29-23-8-6-5-7-9-23)30(17-21-12-14-22(28)15-13-21)26(31)18-33-25-16-19(2)10-11-20(25)3/h10-16,23-24H,4-9,17-18H2,1-3H3,(H,29,32)/t24-/m1/s1. The molecule has 0 aromatic heterocycles. The Bertz CT molecular complexity index is 939. The van der Waals surface area contributed by atoms with Gasteiger partial charge in [0.25, 0.3) is 5.91 Å². The van der Waals surface area contributed by atoms with Crippen molar-refractivity contribution in [3.8, 4) is 5.75 Å². The summed E-state index contributed by atoms with van der Waals surface area (Å²) in [5, 5.41) is 3.83. The van der Waals surface area contributed by atoms with Gasteiger partial charge in [0, 0.05) is 17.6 Å². The molecule has 1 aliphatic rings. The number of halogens is 1. The molecule has 3 rings (SSSR count). The molecule has 178 valence electrons. The number of amides is 2. The van der Waals surface area contributed by atoms with E-state index in [1.165, 1.54) is 6.42 Å². The molecular formula is C27H35ClN2O3. The highest BCUT2D eigenvalue weighted by atomic mass is 35.5. The van der Waals surface area contributed by atoms with Crippen LogP contribution in [0.3, 0.4) is 0 Å². The maximum Gasteiger partial charge on any atom is 0.261 e. The highest BCUT2D eigenvalue weighted by Crippen LogP contribution is 2.21. The molecule has 0 spiro atoms. The zero-order valence-corrected chi connectivity index (χ0v) is 20.7. The summed E-state index contributed by atoms with van der Waals surface area (Å²) in [5.41, 5.74) is 2.96. The van der Waals surface area contributed by atoms with Gasteiger partial charge in [0.2, 0.25) is 5.91 Å². The van der Waals surface area contributed by atoms with Gasteiger partial charge in [-0.2, -0.15) is 0 Å². The third-order valence-electron chi connectivity index (χ3n) is 6.30. The third-order valence-corrected chi connectivity index (χ3v) is 6.55. The zero-order valence-electron chi connectivity index (χ0n) is 19.9. The normalized spacial score (nSPS) is 15.0. The van der Waals surface area contributed by atoms with Gasteiger partial charge in [0.05, 0.1) is 0 Å². The predicted molar refractivity (Wildman–Crippen MR) is 133 cm³/mol. The summed E-state index contributed by atoms with van der Waals surface area (Å²) in [6.45, 7) is 6.09. The lowest BCUT2D eigenvalue weighted by atomic mass is 9.95. The molecule has 1 atom stereocenters. The van der Waals surface area contributed by atoms with Gasteiger partial charge in [-0.25, -0.2) is 0 Å². The van der Waals surface area contributed by atoms with Crippen LogP contribution in [0.5, 0.6) is 5.75 Å². The van der Waals surface area contributed by atoms with E-state index in [0.717, 1.165) is 42.4 Å². The van der Waals surface area contributed by atoms with E-state index >= 15 is 0 Å². The second kappa shape index (κ2) is 12.1. The molecule has 0 radical (unpaired) electrons. The number of benzene rings is 2. The number of nitrogens with zero attached hydrogens (tertiary/aromatic N) is 1. The summed E-state index contributed by atoms with van der Waals surface area (Å²) in [4.78, 5) is 28.3. The minimum absolute atomic E-state index is 0.0848. The van der Waals surface area contributed by atoms with Crippen LogP contribution in [0.25, 0.3) is 0 Å². The monoisotopic (exact) mass is 470 g/mol. The molecule has 0 bridgehead atoms. The molecule has 0 aliphatic heterocycles. The molecular weight excluding hydrogens is 436 g/mol. The van der Waals surface area contributed by atoms with Crippen molar-refractivity contribution < 1.29 is 14.3 Å². The molecule has 2 aromatic rings. The Hall–Kier alpha value is -2.53. The van der Waals surface area contributed by atoms with Gasteiger partial charge in [-0.15, -0.1) is 0 Å². The molecule has 1 fully saturated rings. The number of ether oxygens (including phenoxy) is 1. The Labute approximate surface area is 202 Å². The second-order valence-electron chi connectivity index (χ2n) is 8.97. The predicted octanol–water partition coefficient (Wildman–Crippen LogP) is 5.59. The summed E-state index contributed by atoms with van der Waals surface area (Å²) in [7, 11) is 0. The fraction of sp³-hybridized carbons (Fsp3) is 0.481. The van der Waals surface area contributed by atoms with Crippen LogP contribution in [0.1, 0.15) is 62.1 Å². The van der Waals surface area contributed by atoms with Crippen LogP contribution >= 0.6 is 11.6 Å². The number of hydrogen-bond donors (Lipinski definition) is 1. The van der Waals surface area contributed by atoms with Crippen LogP contribution in [0, 0.1) is 13.8 Å². The van der Waals surface area contributed by atoms with Crippen molar-refractivity contribution in [2.45, 2.75) is 77.9 Å². The van der Waals surface area contributed by atoms with E-state index < -0.39 is 6.04 Å². The first-order valence-corrected chi connectivity index (χ1v) is 12.3. The Balaban J connectivity index is 1.77. The Kier molecular flexibility index (Phi) is 9.19. The SMILES string of the molecule is CC[C@H](C(=O)NC1CCCCC1)N(Cc1ccc(Cl)cc1)C(=O)COc1cc(C)ccc1C. The number of nitrogens with one attached hydrogen (secondary N) is 1. The largest absolute Gasteiger partial charge is 0.483 e. The lowest BCUT2D eigenvalue weighted by Crippen LogP contribution is -2.52. The van der Waals surface area contributed by atoms with Crippen molar-refractivity contribution in [2.75, 3.05) is 6.61 Å². The fourth-order valence-electron chi connectivity index (χ4n) is 4.34. The Morgan fingerprint density at radius 2 is 1.79 bits per heavy atom. The maximum atomic E-state index is 13.4. The molecule has 0 heterocycles. The van der Waals surface area contributed by atoms with E-state index in [0.29, 0.717) is 23.7 Å². The Morgan fingerprint density at radius 1 is 1.09 bits per heavy atom. The molecule has 0 saturated heterocycles. The van der Waals surface area contributed by atoms with Gasteiger partial charge >= 0.3 is 0 Å². The highest BCUT2D eigenvalue weighted by Gasteiger charge is 2.30. The van der Waals surface area contributed by atoms with Crippen molar-refractivity contribution >= 4 is 23.4 Å². The summed E-state index contributed by atoms with van der Waals surface area (Å²) in [6, 6.07) is 12.9. The first-order chi connectivity index (χ1) is 15.9. The number of hydrogen-bond acceptors (Lipinski definition) is 3. The average molecular weight is 471 g/mol. The minimum Gasteiger partial charge on any atom is -0.483 e. The third kappa shape index (κ3) is 7.23. The van der Waals surface area contributed by atoms with E-state index in [1.807, 2.05) is 51.1 Å². The summed E-state index contributed by atoms with van der Waals surface area (Å²) < 4.78 is 5.90. The topological polar surface area (TPSA) is 58.6 Å². The van der Waals surface area contributed by atoms with Gasteiger partial charge < -0.3 is 15.0 Å². The molecule has 1 saturated carbocycles. The number of aryl methyl sites for hydroxylation is 2. The molecule has 6 heteroatoms. The molecule has 5 nitrogen and oxygen atoms in total. The van der Waals surface area contributed by atoms with Crippen molar-refractivity contribution in [1.82, 2.24) is 10.2 Å². The first-order valence-electron chi connectivity index (χ1n) is 11.9. The average Bonchev–Trinajstić information content (AvgIpc) is 2.81. The maximum absolute atomic E-state index is 13.4. The van der Waals surface area contributed by atoms with Crippen LogP contribution in [0.15, 0.2) is 42.5 Å². The summed E-state index contributed by atoms with van der Waals surface area (Å²) in [6.07, 6.45) is 6.03. The smallest absolute Gasteiger partial charge is 0.261 e. The van der Waals surface area contributed by atoms with E-state index in [2.05, 4.69) is 5.32 Å². The van der Waals surface area contributed by atoms with E-state index in [9.17, 15) is 9.59 Å². The zero-order chi connectivity index (χ0) is 23.8. The molecule has 2 aromatic carbocycles. The fourth-order valence-corrected chi connectivity index (χ4v) is 4.46. The number of carbonyl (C=O) groups is 2. The van der Waals surface area contributed by atoms with Gasteiger partial charge in [-0.05, 0) is 68.0 Å². The van der Waals surface area contributed by atoms with Gasteiger partial charge in [-0.3, -0.25) is 9.59 Å². The lowest BCUT2D eigenvalue weighted by molar-refractivity contribution is -0.143. The van der Waals surface area contributed by atoms with Crippen LogP contribution in [0.2, 0.25) is 5.02 Å². The lowest BCUT2D eigenvalue weighted by Gasteiger charge is -2.32.